The van der Waals surface area contributed by atoms with Gasteiger partial charge >= 0.3 is 0 Å². The lowest BCUT2D eigenvalue weighted by atomic mass is 10.1. The Morgan fingerprint density at radius 3 is 2.48 bits per heavy atom. The van der Waals surface area contributed by atoms with Crippen molar-refractivity contribution in [3.05, 3.63) is 58.1 Å². The van der Waals surface area contributed by atoms with Crippen LogP contribution in [0.3, 0.4) is 0 Å². The van der Waals surface area contributed by atoms with Gasteiger partial charge in [0, 0.05) is 27.3 Å². The molecule has 1 aliphatic carbocycles. The minimum Gasteiger partial charge on any atom is -0.326 e. The van der Waals surface area contributed by atoms with Crippen LogP contribution in [0.15, 0.2) is 46.9 Å². The third-order valence-electron chi connectivity index (χ3n) is 3.76. The summed E-state index contributed by atoms with van der Waals surface area (Å²) in [6, 6.07) is 12.6. The Bertz CT molecular complexity index is 769. The number of benzene rings is 2. The van der Waals surface area contributed by atoms with Crippen LogP contribution in [0.5, 0.6) is 0 Å². The van der Waals surface area contributed by atoms with E-state index >= 15 is 0 Å². The zero-order valence-corrected chi connectivity index (χ0v) is 14.3. The van der Waals surface area contributed by atoms with E-state index in [1.165, 1.54) is 0 Å². The number of anilines is 2. The van der Waals surface area contributed by atoms with Crippen molar-refractivity contribution >= 4 is 39.1 Å². The number of amides is 2. The van der Waals surface area contributed by atoms with Crippen molar-refractivity contribution in [2.24, 2.45) is 5.92 Å². The Morgan fingerprint density at radius 2 is 1.78 bits per heavy atom. The molecule has 1 aliphatic rings. The van der Waals surface area contributed by atoms with Gasteiger partial charge in [0.1, 0.15) is 0 Å². The molecule has 1 saturated carbocycles. The summed E-state index contributed by atoms with van der Waals surface area (Å²) in [4.78, 5) is 24.2. The number of aryl methyl sites for hydroxylation is 1. The van der Waals surface area contributed by atoms with Crippen LogP contribution >= 0.6 is 15.9 Å². The smallest absolute Gasteiger partial charge is 0.255 e. The first-order chi connectivity index (χ1) is 11.0. The number of carbonyl (C=O) groups is 2. The number of nitrogens with one attached hydrogen (secondary N) is 2. The summed E-state index contributed by atoms with van der Waals surface area (Å²) in [5, 5.41) is 5.72. The molecule has 23 heavy (non-hydrogen) atoms. The highest BCUT2D eigenvalue weighted by Crippen LogP contribution is 2.30. The maximum atomic E-state index is 12.4. The molecule has 2 amide bonds. The monoisotopic (exact) mass is 372 g/mol. The quantitative estimate of drug-likeness (QED) is 0.837. The third-order valence-corrected chi connectivity index (χ3v) is 4.65. The van der Waals surface area contributed by atoms with Gasteiger partial charge in [-0.05, 0) is 61.7 Å². The molecule has 5 heteroatoms. The van der Waals surface area contributed by atoms with Crippen molar-refractivity contribution < 1.29 is 9.59 Å². The molecule has 118 valence electrons. The molecule has 1 fully saturated rings. The second-order valence-corrected chi connectivity index (χ2v) is 6.62. The van der Waals surface area contributed by atoms with E-state index in [1.807, 2.05) is 25.1 Å². The van der Waals surface area contributed by atoms with Crippen LogP contribution in [0, 0.1) is 12.8 Å². The lowest BCUT2D eigenvalue weighted by Crippen LogP contribution is -2.15. The van der Waals surface area contributed by atoms with Crippen molar-refractivity contribution in [1.82, 2.24) is 0 Å². The first-order valence-corrected chi connectivity index (χ1v) is 8.30. The second-order valence-electron chi connectivity index (χ2n) is 5.76. The molecule has 0 aromatic heterocycles. The summed E-state index contributed by atoms with van der Waals surface area (Å²) in [7, 11) is 0. The van der Waals surface area contributed by atoms with Crippen molar-refractivity contribution in [3.8, 4) is 0 Å². The molecule has 3 rings (SSSR count). The van der Waals surface area contributed by atoms with Crippen molar-refractivity contribution in [2.75, 3.05) is 10.6 Å². The molecule has 0 atom stereocenters. The average molecular weight is 373 g/mol. The number of hydrogen-bond donors (Lipinski definition) is 2. The van der Waals surface area contributed by atoms with Gasteiger partial charge in [0.25, 0.3) is 5.91 Å². The summed E-state index contributed by atoms with van der Waals surface area (Å²) in [6.45, 7) is 1.97. The molecule has 0 spiro atoms. The van der Waals surface area contributed by atoms with Crippen LogP contribution in [0.4, 0.5) is 11.4 Å². The van der Waals surface area contributed by atoms with Gasteiger partial charge in [-0.15, -0.1) is 0 Å². The molecule has 0 unspecified atom stereocenters. The second kappa shape index (κ2) is 6.54. The van der Waals surface area contributed by atoms with E-state index in [0.29, 0.717) is 11.3 Å². The number of rotatable bonds is 4. The Kier molecular flexibility index (Phi) is 4.48. The van der Waals surface area contributed by atoms with E-state index in [4.69, 9.17) is 0 Å². The number of hydrogen-bond acceptors (Lipinski definition) is 2. The Labute approximate surface area is 143 Å². The van der Waals surface area contributed by atoms with Crippen LogP contribution < -0.4 is 10.6 Å². The van der Waals surface area contributed by atoms with E-state index in [1.54, 1.807) is 24.3 Å². The Morgan fingerprint density at radius 1 is 1.04 bits per heavy atom. The van der Waals surface area contributed by atoms with Gasteiger partial charge in [-0.25, -0.2) is 0 Å². The number of halogens is 1. The minimum atomic E-state index is -0.200. The van der Waals surface area contributed by atoms with Gasteiger partial charge in [0.2, 0.25) is 5.91 Å². The summed E-state index contributed by atoms with van der Waals surface area (Å²) >= 11 is 3.44. The highest BCUT2D eigenvalue weighted by molar-refractivity contribution is 9.10. The standard InChI is InChI=1S/C18H17BrN2O2/c1-11-9-15(7-8-16(11)19)21-18(23)13-3-2-4-14(10-13)20-17(22)12-5-6-12/h2-4,7-10,12H,5-6H2,1H3,(H,20,22)(H,21,23). The van der Waals surface area contributed by atoms with E-state index in [-0.39, 0.29) is 17.7 Å². The van der Waals surface area contributed by atoms with E-state index < -0.39 is 0 Å². The summed E-state index contributed by atoms with van der Waals surface area (Å²) < 4.78 is 1.00. The van der Waals surface area contributed by atoms with E-state index in [0.717, 1.165) is 28.6 Å². The van der Waals surface area contributed by atoms with Gasteiger partial charge < -0.3 is 10.6 Å². The summed E-state index contributed by atoms with van der Waals surface area (Å²) in [5.41, 5.74) is 2.96. The third kappa shape index (κ3) is 3.99. The first kappa shape index (κ1) is 15.7. The predicted octanol–water partition coefficient (Wildman–Crippen LogP) is 4.36. The molecule has 2 aromatic carbocycles. The van der Waals surface area contributed by atoms with Crippen LogP contribution in [-0.2, 0) is 4.79 Å². The Hall–Kier alpha value is -2.14. The fourth-order valence-corrected chi connectivity index (χ4v) is 2.50. The normalized spacial score (nSPS) is 13.5. The van der Waals surface area contributed by atoms with Crippen LogP contribution in [0.25, 0.3) is 0 Å². The SMILES string of the molecule is Cc1cc(NC(=O)c2cccc(NC(=O)C3CC3)c2)ccc1Br. The fourth-order valence-electron chi connectivity index (χ4n) is 2.25. The van der Waals surface area contributed by atoms with Gasteiger partial charge in [0.05, 0.1) is 0 Å². The molecular formula is C18H17BrN2O2. The zero-order chi connectivity index (χ0) is 16.4. The van der Waals surface area contributed by atoms with Crippen LogP contribution in [0.1, 0.15) is 28.8 Å². The van der Waals surface area contributed by atoms with Crippen LogP contribution in [0.2, 0.25) is 0 Å². The highest BCUT2D eigenvalue weighted by atomic mass is 79.9. The van der Waals surface area contributed by atoms with Crippen molar-refractivity contribution in [2.45, 2.75) is 19.8 Å². The molecular weight excluding hydrogens is 356 g/mol. The molecule has 2 aromatic rings. The maximum Gasteiger partial charge on any atom is 0.255 e. The molecule has 0 bridgehead atoms. The van der Waals surface area contributed by atoms with Crippen LogP contribution in [-0.4, -0.2) is 11.8 Å². The average Bonchev–Trinajstić information content (AvgIpc) is 3.36. The lowest BCUT2D eigenvalue weighted by Gasteiger charge is -2.09. The predicted molar refractivity (Wildman–Crippen MR) is 94.6 cm³/mol. The molecule has 0 saturated heterocycles. The first-order valence-electron chi connectivity index (χ1n) is 7.51. The molecule has 4 nitrogen and oxygen atoms in total. The lowest BCUT2D eigenvalue weighted by molar-refractivity contribution is -0.117. The molecule has 2 N–H and O–H groups in total. The van der Waals surface area contributed by atoms with E-state index in [2.05, 4.69) is 26.6 Å². The fraction of sp³-hybridized carbons (Fsp3) is 0.222. The molecule has 0 heterocycles. The maximum absolute atomic E-state index is 12.4. The molecule has 0 aliphatic heterocycles. The van der Waals surface area contributed by atoms with Crippen molar-refractivity contribution in [3.63, 3.8) is 0 Å². The van der Waals surface area contributed by atoms with Gasteiger partial charge in [0.15, 0.2) is 0 Å². The van der Waals surface area contributed by atoms with Crippen molar-refractivity contribution in [1.29, 1.82) is 0 Å². The zero-order valence-electron chi connectivity index (χ0n) is 12.7. The van der Waals surface area contributed by atoms with Gasteiger partial charge in [-0.3, -0.25) is 9.59 Å². The minimum absolute atomic E-state index is 0.0334. The largest absolute Gasteiger partial charge is 0.326 e. The summed E-state index contributed by atoms with van der Waals surface area (Å²) in [6.07, 6.45) is 1.91. The number of carbonyl (C=O) groups excluding carboxylic acids is 2. The molecule has 0 radical (unpaired) electrons. The Balaban J connectivity index is 1.71. The van der Waals surface area contributed by atoms with Gasteiger partial charge in [-0.2, -0.15) is 0 Å². The summed E-state index contributed by atoms with van der Waals surface area (Å²) in [5.74, 6) is -0.0291. The topological polar surface area (TPSA) is 58.2 Å². The highest BCUT2D eigenvalue weighted by Gasteiger charge is 2.29. The van der Waals surface area contributed by atoms with Gasteiger partial charge in [-0.1, -0.05) is 22.0 Å². The van der Waals surface area contributed by atoms with E-state index in [9.17, 15) is 9.59 Å².